The van der Waals surface area contributed by atoms with E-state index in [-0.39, 0.29) is 27.0 Å². The molecule has 0 radical (unpaired) electrons. The van der Waals surface area contributed by atoms with E-state index in [4.69, 9.17) is 10.5 Å². The topological polar surface area (TPSA) is 96.3 Å². The highest BCUT2D eigenvalue weighted by atomic mass is 32.2. The first-order valence-corrected chi connectivity index (χ1v) is 9.42. The average molecular weight is 439 g/mol. The predicted molar refractivity (Wildman–Crippen MR) is 109 cm³/mol. The molecule has 0 unspecified atom stereocenters. The molecule has 0 saturated heterocycles. The lowest BCUT2D eigenvalue weighted by Gasteiger charge is -2.13. The van der Waals surface area contributed by atoms with Gasteiger partial charge in [-0.2, -0.15) is 23.5 Å². The molecule has 0 saturated carbocycles. The second-order valence-corrected chi connectivity index (χ2v) is 7.11. The maximum absolute atomic E-state index is 13.1. The molecule has 11 heteroatoms. The van der Waals surface area contributed by atoms with Crippen molar-refractivity contribution in [2.45, 2.75) is 23.9 Å². The number of hydrogen-bond donors (Lipinski definition) is 2. The molecule has 3 N–H and O–H groups in total. The van der Waals surface area contributed by atoms with Gasteiger partial charge in [0.1, 0.15) is 22.5 Å². The fourth-order valence-corrected chi connectivity index (χ4v) is 3.42. The van der Waals surface area contributed by atoms with Crippen LogP contribution in [0, 0.1) is 18.3 Å². The van der Waals surface area contributed by atoms with Gasteiger partial charge >= 0.3 is 6.18 Å². The molecule has 0 atom stereocenters. The van der Waals surface area contributed by atoms with E-state index in [0.29, 0.717) is 16.9 Å². The number of pyridine rings is 1. The van der Waals surface area contributed by atoms with Gasteiger partial charge in [-0.1, -0.05) is 0 Å². The van der Waals surface area contributed by atoms with Crippen molar-refractivity contribution < 1.29 is 17.9 Å². The first-order valence-electron chi connectivity index (χ1n) is 8.03. The first-order chi connectivity index (χ1) is 13.7. The zero-order chi connectivity index (χ0) is 21.6. The van der Waals surface area contributed by atoms with E-state index in [9.17, 15) is 18.4 Å². The molecule has 0 aliphatic carbocycles. The molecule has 0 aliphatic rings. The fraction of sp³-hybridized carbons (Fsp3) is 0.222. The number of halogens is 3. The Morgan fingerprint density at radius 1 is 1.45 bits per heavy atom. The number of nitrogens with one attached hydrogen (secondary N) is 1. The molecule has 2 rings (SSSR count). The van der Waals surface area contributed by atoms with Crippen LogP contribution in [0.25, 0.3) is 0 Å². The predicted octanol–water partition coefficient (Wildman–Crippen LogP) is 3.75. The van der Waals surface area contributed by atoms with Crippen LogP contribution in [-0.2, 0) is 11.9 Å². The quantitative estimate of drug-likeness (QED) is 0.306. The van der Waals surface area contributed by atoms with Crippen molar-refractivity contribution in [3.63, 3.8) is 0 Å². The summed E-state index contributed by atoms with van der Waals surface area (Å²) in [6, 6.07) is 7.99. The highest BCUT2D eigenvalue weighted by Crippen LogP contribution is 2.34. The molecule has 0 aliphatic heterocycles. The Bertz CT molecular complexity index is 987. The maximum atomic E-state index is 13.1. The van der Waals surface area contributed by atoms with Crippen LogP contribution >= 0.6 is 24.0 Å². The summed E-state index contributed by atoms with van der Waals surface area (Å²) in [6.45, 7) is 1.45. The van der Waals surface area contributed by atoms with E-state index in [1.165, 1.54) is 20.2 Å². The van der Waals surface area contributed by atoms with E-state index in [0.717, 1.165) is 17.8 Å². The number of aromatic nitrogens is 1. The van der Waals surface area contributed by atoms with E-state index in [2.05, 4.69) is 27.7 Å². The second-order valence-electron chi connectivity index (χ2n) is 5.71. The number of methoxy groups -OCH3 is 1. The first kappa shape index (κ1) is 22.4. The minimum Gasteiger partial charge on any atom is -0.496 e. The summed E-state index contributed by atoms with van der Waals surface area (Å²) in [5.74, 6) is 0.773. The largest absolute Gasteiger partial charge is 0.496 e. The third-order valence-electron chi connectivity index (χ3n) is 3.64. The van der Waals surface area contributed by atoms with Gasteiger partial charge in [0.15, 0.2) is 5.11 Å². The molecule has 2 aromatic rings. The molecular weight excluding hydrogens is 423 g/mol. The normalized spacial score (nSPS) is 11.3. The van der Waals surface area contributed by atoms with Crippen LogP contribution < -0.4 is 15.9 Å². The highest BCUT2D eigenvalue weighted by Gasteiger charge is 2.34. The fourth-order valence-electron chi connectivity index (χ4n) is 2.34. The highest BCUT2D eigenvalue weighted by molar-refractivity contribution is 7.98. The van der Waals surface area contributed by atoms with Crippen molar-refractivity contribution in [1.82, 2.24) is 10.4 Å². The standard InChI is InChI=1S/C18H16F3N5OS2/c1-10-5-15(18(19,20)21)25-16(13(10)7-22)29-9-12-6-11(3-4-14(12)27-2)8-24-26-17(23)28/h3-6,8H,9H2,1-2H3,(H3,23,26,28). The molecule has 1 heterocycles. The Hall–Kier alpha value is -2.84. The molecule has 152 valence electrons. The number of ether oxygens (including phenoxy) is 1. The molecule has 1 aromatic heterocycles. The Morgan fingerprint density at radius 2 is 2.17 bits per heavy atom. The molecule has 0 fully saturated rings. The number of benzene rings is 1. The summed E-state index contributed by atoms with van der Waals surface area (Å²) in [4.78, 5) is 3.65. The minimum atomic E-state index is -4.60. The summed E-state index contributed by atoms with van der Waals surface area (Å²) in [5.41, 5.74) is 8.41. The SMILES string of the molecule is COc1ccc(C=NNC(N)=S)cc1CSc1nc(C(F)(F)F)cc(C)c1C#N. The number of nitrogens with two attached hydrogens (primary N) is 1. The Balaban J connectivity index is 2.33. The minimum absolute atomic E-state index is 0.0103. The van der Waals surface area contributed by atoms with E-state index in [1.807, 2.05) is 6.07 Å². The van der Waals surface area contributed by atoms with Crippen LogP contribution in [-0.4, -0.2) is 23.4 Å². The number of alkyl halides is 3. The van der Waals surface area contributed by atoms with Crippen LogP contribution in [0.1, 0.15) is 27.9 Å². The lowest BCUT2D eigenvalue weighted by atomic mass is 10.1. The lowest BCUT2D eigenvalue weighted by Crippen LogP contribution is -2.23. The van der Waals surface area contributed by atoms with Crippen LogP contribution in [0.5, 0.6) is 5.75 Å². The van der Waals surface area contributed by atoms with Gasteiger partial charge in [-0.25, -0.2) is 4.98 Å². The number of aryl methyl sites for hydroxylation is 1. The molecule has 0 spiro atoms. The number of thioether (sulfide) groups is 1. The Kier molecular flexibility index (Phi) is 7.41. The van der Waals surface area contributed by atoms with Crippen molar-refractivity contribution in [2.75, 3.05) is 7.11 Å². The van der Waals surface area contributed by atoms with Gasteiger partial charge in [-0.05, 0) is 54.5 Å². The number of nitriles is 1. The smallest absolute Gasteiger partial charge is 0.433 e. The maximum Gasteiger partial charge on any atom is 0.433 e. The Labute approximate surface area is 175 Å². The van der Waals surface area contributed by atoms with Gasteiger partial charge in [0.2, 0.25) is 0 Å². The molecular formula is C18H16F3N5OS2. The van der Waals surface area contributed by atoms with Crippen LogP contribution in [0.4, 0.5) is 13.2 Å². The lowest BCUT2D eigenvalue weighted by molar-refractivity contribution is -0.141. The summed E-state index contributed by atoms with van der Waals surface area (Å²) in [6.07, 6.45) is -3.11. The summed E-state index contributed by atoms with van der Waals surface area (Å²) in [7, 11) is 1.49. The van der Waals surface area contributed by atoms with E-state index in [1.54, 1.807) is 18.2 Å². The van der Waals surface area contributed by atoms with Crippen molar-refractivity contribution >= 4 is 35.3 Å². The van der Waals surface area contributed by atoms with E-state index < -0.39 is 11.9 Å². The van der Waals surface area contributed by atoms with Gasteiger partial charge in [-0.3, -0.25) is 5.43 Å². The summed E-state index contributed by atoms with van der Waals surface area (Å²) in [5, 5.41) is 13.2. The summed E-state index contributed by atoms with van der Waals surface area (Å²) >= 11 is 5.68. The second kappa shape index (κ2) is 9.58. The van der Waals surface area contributed by atoms with Crippen molar-refractivity contribution in [2.24, 2.45) is 10.8 Å². The third-order valence-corrected chi connectivity index (χ3v) is 4.76. The molecule has 1 aromatic carbocycles. The van der Waals surface area contributed by atoms with Crippen LogP contribution in [0.15, 0.2) is 34.4 Å². The average Bonchev–Trinajstić information content (AvgIpc) is 2.65. The third kappa shape index (κ3) is 6.07. The number of nitrogens with zero attached hydrogens (tertiary/aromatic N) is 3. The molecule has 6 nitrogen and oxygen atoms in total. The zero-order valence-electron chi connectivity index (χ0n) is 15.4. The monoisotopic (exact) mass is 439 g/mol. The van der Waals surface area contributed by atoms with E-state index >= 15 is 0 Å². The number of thiocarbonyl (C=S) groups is 1. The molecule has 0 amide bonds. The van der Waals surface area contributed by atoms with Gasteiger partial charge < -0.3 is 10.5 Å². The van der Waals surface area contributed by atoms with Gasteiger partial charge in [0, 0.05) is 11.3 Å². The van der Waals surface area contributed by atoms with Crippen molar-refractivity contribution in [1.29, 1.82) is 5.26 Å². The van der Waals surface area contributed by atoms with Crippen LogP contribution in [0.3, 0.4) is 0 Å². The van der Waals surface area contributed by atoms with Crippen molar-refractivity contribution in [3.05, 3.63) is 52.2 Å². The number of rotatable bonds is 6. The zero-order valence-corrected chi connectivity index (χ0v) is 17.0. The van der Waals surface area contributed by atoms with Gasteiger partial charge in [0.25, 0.3) is 0 Å². The number of hydrogen-bond acceptors (Lipinski definition) is 6. The van der Waals surface area contributed by atoms with Crippen LogP contribution in [0.2, 0.25) is 0 Å². The molecule has 0 bridgehead atoms. The summed E-state index contributed by atoms with van der Waals surface area (Å²) < 4.78 is 44.6. The Morgan fingerprint density at radius 3 is 2.76 bits per heavy atom. The van der Waals surface area contributed by atoms with Gasteiger partial charge in [0.05, 0.1) is 18.9 Å². The van der Waals surface area contributed by atoms with Crippen molar-refractivity contribution in [3.8, 4) is 11.8 Å². The molecule has 29 heavy (non-hydrogen) atoms. The van der Waals surface area contributed by atoms with Gasteiger partial charge in [-0.15, -0.1) is 11.8 Å². The number of hydrazone groups is 1.